The Hall–Kier alpha value is -1.39. The molecule has 1 unspecified atom stereocenters. The molecule has 1 N–H and O–H groups in total. The van der Waals surface area contributed by atoms with E-state index in [0.717, 1.165) is 32.1 Å². The van der Waals surface area contributed by atoms with Crippen molar-refractivity contribution in [2.75, 3.05) is 6.61 Å². The molecule has 1 saturated heterocycles. The zero-order chi connectivity index (χ0) is 33.3. The summed E-state index contributed by atoms with van der Waals surface area (Å²) in [4.78, 5) is 37.9. The lowest BCUT2D eigenvalue weighted by Gasteiger charge is -2.18. The maximum absolute atomic E-state index is 13.2. The minimum Gasteiger partial charge on any atom is -0.465 e. The van der Waals surface area contributed by atoms with Crippen molar-refractivity contribution >= 4 is 17.7 Å². The van der Waals surface area contributed by atoms with Crippen LogP contribution in [0.15, 0.2) is 0 Å². The number of carbonyl (C=O) groups is 3. The zero-order valence-corrected chi connectivity index (χ0v) is 30.8. The van der Waals surface area contributed by atoms with Crippen LogP contribution >= 0.6 is 0 Å². The molecule has 5 heteroatoms. The molecule has 1 heterocycles. The maximum Gasteiger partial charge on any atom is 0.316 e. The molecule has 1 fully saturated rings. The molecule has 0 aromatic heterocycles. The fourth-order valence-electron chi connectivity index (χ4n) is 6.91. The molecule has 1 rings (SSSR count). The largest absolute Gasteiger partial charge is 0.465 e. The van der Waals surface area contributed by atoms with E-state index in [2.05, 4.69) is 19.2 Å². The van der Waals surface area contributed by atoms with Crippen LogP contribution in [-0.4, -0.2) is 30.3 Å². The summed E-state index contributed by atoms with van der Waals surface area (Å²) < 4.78 is 5.63. The molecule has 1 aliphatic heterocycles. The molecule has 1 aliphatic rings. The quantitative estimate of drug-likeness (QED) is 0.0422. The molecule has 1 amide bonds. The molecule has 270 valence electrons. The van der Waals surface area contributed by atoms with Crippen LogP contribution in [0.25, 0.3) is 0 Å². The highest BCUT2D eigenvalue weighted by Crippen LogP contribution is 2.21. The number of ether oxygens (including phenoxy) is 1. The molecule has 0 aliphatic carbocycles. The van der Waals surface area contributed by atoms with Gasteiger partial charge in [-0.25, -0.2) is 0 Å². The van der Waals surface area contributed by atoms with Crippen LogP contribution in [0.4, 0.5) is 0 Å². The Labute approximate surface area is 285 Å². The highest BCUT2D eigenvalue weighted by molar-refractivity contribution is 6.04. The van der Waals surface area contributed by atoms with Crippen molar-refractivity contribution in [1.82, 2.24) is 5.32 Å². The second-order valence-corrected chi connectivity index (χ2v) is 14.5. The number of unbranched alkanes of at least 4 members (excludes halogenated alkanes) is 28. The molecule has 0 aromatic carbocycles. The van der Waals surface area contributed by atoms with Gasteiger partial charge in [0.15, 0.2) is 5.78 Å². The van der Waals surface area contributed by atoms with E-state index >= 15 is 0 Å². The second kappa shape index (κ2) is 32.2. The monoisotopic (exact) mass is 648 g/mol. The SMILES string of the molecule is CCCCCCCCCCCCCCCCCCOC(=O)C(CCCCCCCCCCCCCCCC)C(=O)[C@@H]1CCC(=O)N1. The van der Waals surface area contributed by atoms with E-state index < -0.39 is 12.0 Å². The van der Waals surface area contributed by atoms with Gasteiger partial charge in [-0.3, -0.25) is 14.4 Å². The first-order valence-electron chi connectivity index (χ1n) is 20.6. The molecule has 0 saturated carbocycles. The maximum atomic E-state index is 13.2. The Morgan fingerprint density at radius 2 is 0.913 bits per heavy atom. The van der Waals surface area contributed by atoms with Gasteiger partial charge < -0.3 is 10.1 Å². The number of hydrogen-bond acceptors (Lipinski definition) is 4. The van der Waals surface area contributed by atoms with Crippen LogP contribution in [0, 0.1) is 5.92 Å². The molecule has 5 nitrogen and oxygen atoms in total. The number of amides is 1. The highest BCUT2D eigenvalue weighted by Gasteiger charge is 2.36. The Bertz CT molecular complexity index is 723. The van der Waals surface area contributed by atoms with E-state index in [1.54, 1.807) is 0 Å². The molecular weight excluding hydrogens is 570 g/mol. The third kappa shape index (κ3) is 24.7. The van der Waals surface area contributed by atoms with E-state index in [4.69, 9.17) is 4.74 Å². The summed E-state index contributed by atoms with van der Waals surface area (Å²) in [6, 6.07) is -0.521. The third-order valence-corrected chi connectivity index (χ3v) is 10.1. The van der Waals surface area contributed by atoms with Gasteiger partial charge in [0.05, 0.1) is 12.6 Å². The number of rotatable bonds is 35. The fourth-order valence-corrected chi connectivity index (χ4v) is 6.91. The van der Waals surface area contributed by atoms with Crippen molar-refractivity contribution in [2.24, 2.45) is 5.92 Å². The van der Waals surface area contributed by atoms with Gasteiger partial charge in [0.25, 0.3) is 0 Å². The number of nitrogens with one attached hydrogen (secondary N) is 1. The van der Waals surface area contributed by atoms with Crippen LogP contribution in [-0.2, 0) is 19.1 Å². The standard InChI is InChI=1S/C41H77NO4/c1-3-5-7-9-11-13-15-17-19-20-22-24-26-28-30-32-36-46-41(45)37(40(44)38-34-35-39(43)42-38)33-31-29-27-25-23-21-18-16-14-12-10-8-6-4-2/h37-38H,3-36H2,1-2H3,(H,42,43)/t37?,38-/m0/s1. The van der Waals surface area contributed by atoms with Crippen LogP contribution in [0.3, 0.4) is 0 Å². The number of Topliss-reactive ketones (excluding diaryl/α,β-unsaturated/α-hetero) is 1. The van der Waals surface area contributed by atoms with Gasteiger partial charge in [-0.15, -0.1) is 0 Å². The van der Waals surface area contributed by atoms with Crippen LogP contribution in [0.1, 0.15) is 226 Å². The molecule has 0 aromatic rings. The van der Waals surface area contributed by atoms with E-state index in [9.17, 15) is 14.4 Å². The summed E-state index contributed by atoms with van der Waals surface area (Å²) in [6.45, 7) is 4.95. The van der Waals surface area contributed by atoms with Crippen LogP contribution in [0.2, 0.25) is 0 Å². The Balaban J connectivity index is 2.10. The van der Waals surface area contributed by atoms with E-state index in [-0.39, 0.29) is 17.7 Å². The number of hydrogen-bond donors (Lipinski definition) is 1. The first kappa shape index (κ1) is 42.6. The van der Waals surface area contributed by atoms with E-state index in [1.807, 2.05) is 0 Å². The molecule has 0 bridgehead atoms. The Kier molecular flexibility index (Phi) is 29.8. The average molecular weight is 648 g/mol. The van der Waals surface area contributed by atoms with Crippen molar-refractivity contribution in [3.63, 3.8) is 0 Å². The minimum atomic E-state index is -0.734. The zero-order valence-electron chi connectivity index (χ0n) is 30.8. The topological polar surface area (TPSA) is 72.5 Å². The molecule has 2 atom stereocenters. The van der Waals surface area contributed by atoms with Gasteiger partial charge in [0.2, 0.25) is 5.91 Å². The Morgan fingerprint density at radius 1 is 0.565 bits per heavy atom. The van der Waals surface area contributed by atoms with Gasteiger partial charge >= 0.3 is 5.97 Å². The number of ketones is 1. The molecule has 0 spiro atoms. The van der Waals surface area contributed by atoms with Gasteiger partial charge in [-0.2, -0.15) is 0 Å². The predicted molar refractivity (Wildman–Crippen MR) is 195 cm³/mol. The first-order valence-corrected chi connectivity index (χ1v) is 20.6. The molecule has 0 radical (unpaired) electrons. The summed E-state index contributed by atoms with van der Waals surface area (Å²) >= 11 is 0. The normalized spacial score (nSPS) is 15.3. The summed E-state index contributed by atoms with van der Waals surface area (Å²) in [6.07, 6.45) is 40.3. The van der Waals surface area contributed by atoms with Crippen LogP contribution < -0.4 is 5.32 Å². The van der Waals surface area contributed by atoms with Gasteiger partial charge in [-0.1, -0.05) is 200 Å². The van der Waals surface area contributed by atoms with Gasteiger partial charge in [0, 0.05) is 6.42 Å². The number of esters is 1. The first-order chi connectivity index (χ1) is 22.6. The smallest absolute Gasteiger partial charge is 0.316 e. The average Bonchev–Trinajstić information content (AvgIpc) is 3.50. The van der Waals surface area contributed by atoms with Crippen molar-refractivity contribution in [2.45, 2.75) is 232 Å². The van der Waals surface area contributed by atoms with E-state index in [0.29, 0.717) is 25.9 Å². The lowest BCUT2D eigenvalue weighted by Crippen LogP contribution is -2.40. The summed E-state index contributed by atoms with van der Waals surface area (Å²) in [5, 5.41) is 2.77. The van der Waals surface area contributed by atoms with Crippen molar-refractivity contribution in [3.8, 4) is 0 Å². The lowest BCUT2D eigenvalue weighted by molar-refractivity contribution is -0.153. The summed E-state index contributed by atoms with van der Waals surface area (Å²) in [7, 11) is 0. The van der Waals surface area contributed by atoms with Crippen molar-refractivity contribution in [1.29, 1.82) is 0 Å². The molecule has 46 heavy (non-hydrogen) atoms. The summed E-state index contributed by atoms with van der Waals surface area (Å²) in [5.41, 5.74) is 0. The number of carbonyl (C=O) groups excluding carboxylic acids is 3. The minimum absolute atomic E-state index is 0.0878. The van der Waals surface area contributed by atoms with E-state index in [1.165, 1.54) is 161 Å². The van der Waals surface area contributed by atoms with Gasteiger partial charge in [-0.05, 0) is 19.3 Å². The highest BCUT2D eigenvalue weighted by atomic mass is 16.5. The van der Waals surface area contributed by atoms with Crippen molar-refractivity contribution < 1.29 is 19.1 Å². The van der Waals surface area contributed by atoms with Crippen LogP contribution in [0.5, 0.6) is 0 Å². The van der Waals surface area contributed by atoms with Crippen molar-refractivity contribution in [3.05, 3.63) is 0 Å². The Morgan fingerprint density at radius 3 is 1.26 bits per heavy atom. The summed E-state index contributed by atoms with van der Waals surface area (Å²) in [5.74, 6) is -1.34. The predicted octanol–water partition coefficient (Wildman–Crippen LogP) is 12.1. The lowest BCUT2D eigenvalue weighted by atomic mass is 9.91. The second-order valence-electron chi connectivity index (χ2n) is 14.5. The van der Waals surface area contributed by atoms with Gasteiger partial charge in [0.1, 0.15) is 5.92 Å². The fraction of sp³-hybridized carbons (Fsp3) is 0.927. The third-order valence-electron chi connectivity index (χ3n) is 10.1. The molecular formula is C41H77NO4.